The second-order valence-electron chi connectivity index (χ2n) is 7.95. The summed E-state index contributed by atoms with van der Waals surface area (Å²) in [6, 6.07) is 4.09. The molecule has 138 valence electrons. The maximum absolute atomic E-state index is 12.7. The molecule has 0 bridgehead atoms. The van der Waals surface area contributed by atoms with Crippen LogP contribution in [0.3, 0.4) is 0 Å². The van der Waals surface area contributed by atoms with Gasteiger partial charge in [0, 0.05) is 6.42 Å². The highest BCUT2D eigenvalue weighted by Crippen LogP contribution is 2.46. The normalized spacial score (nSPS) is 20.7. The summed E-state index contributed by atoms with van der Waals surface area (Å²) in [5, 5.41) is 10.5. The molecule has 2 fully saturated rings. The number of imidazole rings is 1. The number of aliphatic hydroxyl groups is 1. The van der Waals surface area contributed by atoms with Crippen molar-refractivity contribution in [1.29, 1.82) is 0 Å². The lowest BCUT2D eigenvalue weighted by molar-refractivity contribution is -0.143. The van der Waals surface area contributed by atoms with Crippen molar-refractivity contribution >= 4 is 22.8 Å². The first kappa shape index (κ1) is 17.2. The molecule has 1 unspecified atom stereocenters. The number of carbonyl (C=O) groups is 2. The lowest BCUT2D eigenvalue weighted by atomic mass is 9.84. The summed E-state index contributed by atoms with van der Waals surface area (Å²) < 4.78 is 1.89. The Balaban J connectivity index is 1.49. The van der Waals surface area contributed by atoms with Crippen molar-refractivity contribution in [3.63, 3.8) is 0 Å². The van der Waals surface area contributed by atoms with Crippen molar-refractivity contribution in [3.05, 3.63) is 29.6 Å². The Hall–Kier alpha value is -2.21. The van der Waals surface area contributed by atoms with Crippen LogP contribution in [-0.4, -0.2) is 44.0 Å². The lowest BCUT2D eigenvalue weighted by Gasteiger charge is -2.23. The number of imide groups is 1. The number of fused-ring (bicyclic) bond motifs is 1. The Morgan fingerprint density at radius 1 is 1.15 bits per heavy atom. The van der Waals surface area contributed by atoms with Gasteiger partial charge in [-0.2, -0.15) is 0 Å². The summed E-state index contributed by atoms with van der Waals surface area (Å²) in [6.07, 6.45) is 4.83. The first-order valence-corrected chi connectivity index (χ1v) is 9.35. The van der Waals surface area contributed by atoms with Crippen LogP contribution in [0.1, 0.15) is 43.2 Å². The van der Waals surface area contributed by atoms with Crippen LogP contribution in [0.5, 0.6) is 0 Å². The molecule has 1 aliphatic carbocycles. The van der Waals surface area contributed by atoms with Gasteiger partial charge in [-0.3, -0.25) is 14.5 Å². The van der Waals surface area contributed by atoms with E-state index < -0.39 is 11.5 Å². The van der Waals surface area contributed by atoms with Gasteiger partial charge in [0.05, 0.1) is 42.0 Å². The predicted molar refractivity (Wildman–Crippen MR) is 97.5 cm³/mol. The van der Waals surface area contributed by atoms with Crippen molar-refractivity contribution in [2.75, 3.05) is 6.54 Å². The molecule has 6 heteroatoms. The second kappa shape index (κ2) is 6.20. The zero-order valence-electron chi connectivity index (χ0n) is 15.4. The Kier molecular flexibility index (Phi) is 4.10. The zero-order chi connectivity index (χ0) is 18.5. The van der Waals surface area contributed by atoms with Crippen LogP contribution >= 0.6 is 0 Å². The van der Waals surface area contributed by atoms with E-state index in [1.54, 1.807) is 6.33 Å². The van der Waals surface area contributed by atoms with Gasteiger partial charge in [0.1, 0.15) is 0 Å². The fraction of sp³-hybridized carbons (Fsp3) is 0.550. The minimum absolute atomic E-state index is 0.0595. The largest absolute Gasteiger partial charge is 0.389 e. The molecule has 2 aromatic rings. The SMILES string of the molecule is Cc1cc2ncn(CC(O)CN3C(=O)CC4(CCCC4)C3=O)c2cc1C. The maximum Gasteiger partial charge on any atom is 0.235 e. The number of rotatable bonds is 4. The molecule has 26 heavy (non-hydrogen) atoms. The zero-order valence-corrected chi connectivity index (χ0v) is 15.4. The van der Waals surface area contributed by atoms with E-state index in [9.17, 15) is 14.7 Å². The van der Waals surface area contributed by atoms with Crippen LogP contribution in [0.15, 0.2) is 18.5 Å². The van der Waals surface area contributed by atoms with Gasteiger partial charge in [-0.05, 0) is 49.9 Å². The van der Waals surface area contributed by atoms with Gasteiger partial charge in [0.2, 0.25) is 11.8 Å². The summed E-state index contributed by atoms with van der Waals surface area (Å²) >= 11 is 0. The molecule has 1 atom stereocenters. The van der Waals surface area contributed by atoms with Crippen molar-refractivity contribution in [2.24, 2.45) is 5.41 Å². The fourth-order valence-electron chi connectivity index (χ4n) is 4.44. The molecule has 1 spiro atoms. The number of hydrogen-bond acceptors (Lipinski definition) is 4. The molecule has 1 saturated carbocycles. The van der Waals surface area contributed by atoms with E-state index in [0.717, 1.165) is 36.7 Å². The Morgan fingerprint density at radius 2 is 1.85 bits per heavy atom. The summed E-state index contributed by atoms with van der Waals surface area (Å²) in [6.45, 7) is 4.46. The van der Waals surface area contributed by atoms with Crippen LogP contribution < -0.4 is 0 Å². The first-order chi connectivity index (χ1) is 12.4. The van der Waals surface area contributed by atoms with Crippen LogP contribution in [0, 0.1) is 19.3 Å². The number of amides is 2. The molecule has 2 amide bonds. The van der Waals surface area contributed by atoms with E-state index in [1.165, 1.54) is 16.0 Å². The van der Waals surface area contributed by atoms with Crippen LogP contribution in [0.2, 0.25) is 0 Å². The third-order valence-electron chi connectivity index (χ3n) is 6.09. The van der Waals surface area contributed by atoms with Crippen LogP contribution in [-0.2, 0) is 16.1 Å². The number of likely N-dealkylation sites (tertiary alicyclic amines) is 1. The Morgan fingerprint density at radius 3 is 2.58 bits per heavy atom. The van der Waals surface area contributed by atoms with E-state index in [-0.39, 0.29) is 18.4 Å². The Labute approximate surface area is 152 Å². The van der Waals surface area contributed by atoms with E-state index in [1.807, 2.05) is 24.5 Å². The third kappa shape index (κ3) is 2.72. The minimum atomic E-state index is -0.807. The predicted octanol–water partition coefficient (Wildman–Crippen LogP) is 2.33. The highest BCUT2D eigenvalue weighted by molar-refractivity contribution is 6.06. The second-order valence-corrected chi connectivity index (χ2v) is 7.95. The lowest BCUT2D eigenvalue weighted by Crippen LogP contribution is -2.40. The molecule has 0 radical (unpaired) electrons. The van der Waals surface area contributed by atoms with Crippen molar-refractivity contribution in [2.45, 2.75) is 58.6 Å². The Bertz CT molecular complexity index is 880. The van der Waals surface area contributed by atoms with Crippen molar-refractivity contribution < 1.29 is 14.7 Å². The average Bonchev–Trinajstić information content (AvgIpc) is 3.26. The van der Waals surface area contributed by atoms with Crippen molar-refractivity contribution in [3.8, 4) is 0 Å². The number of carbonyl (C=O) groups excluding carboxylic acids is 2. The van der Waals surface area contributed by atoms with E-state index in [4.69, 9.17) is 0 Å². The maximum atomic E-state index is 12.7. The highest BCUT2D eigenvalue weighted by atomic mass is 16.3. The molecule has 6 nitrogen and oxygen atoms in total. The number of aryl methyl sites for hydroxylation is 2. The summed E-state index contributed by atoms with van der Waals surface area (Å²) in [5.41, 5.74) is 3.71. The number of nitrogens with zero attached hydrogens (tertiary/aromatic N) is 3. The van der Waals surface area contributed by atoms with Gasteiger partial charge < -0.3 is 9.67 Å². The van der Waals surface area contributed by atoms with Gasteiger partial charge in [-0.1, -0.05) is 12.8 Å². The van der Waals surface area contributed by atoms with E-state index >= 15 is 0 Å². The number of benzene rings is 1. The van der Waals surface area contributed by atoms with Crippen molar-refractivity contribution in [1.82, 2.24) is 14.5 Å². The molecule has 4 rings (SSSR count). The number of aliphatic hydroxyl groups excluding tert-OH is 1. The fourth-order valence-corrected chi connectivity index (χ4v) is 4.44. The average molecular weight is 355 g/mol. The first-order valence-electron chi connectivity index (χ1n) is 9.35. The molecule has 1 aromatic heterocycles. The standard InChI is InChI=1S/C20H25N3O3/c1-13-7-16-17(8-14(13)2)22(12-21-16)10-15(24)11-23-18(25)9-20(19(23)26)5-3-4-6-20/h7-8,12,15,24H,3-6,9-11H2,1-2H3. The number of aromatic nitrogens is 2. The summed E-state index contributed by atoms with van der Waals surface area (Å²) in [7, 11) is 0. The third-order valence-corrected chi connectivity index (χ3v) is 6.09. The smallest absolute Gasteiger partial charge is 0.235 e. The van der Waals surface area contributed by atoms with E-state index in [2.05, 4.69) is 11.1 Å². The van der Waals surface area contributed by atoms with Gasteiger partial charge in [0.15, 0.2) is 0 Å². The number of hydrogen-bond donors (Lipinski definition) is 1. The van der Waals surface area contributed by atoms with Gasteiger partial charge in [-0.15, -0.1) is 0 Å². The van der Waals surface area contributed by atoms with E-state index in [0.29, 0.717) is 13.0 Å². The molecule has 1 aromatic carbocycles. The van der Waals surface area contributed by atoms with Crippen LogP contribution in [0.4, 0.5) is 0 Å². The molecule has 2 aliphatic rings. The topological polar surface area (TPSA) is 75.4 Å². The molecule has 1 aliphatic heterocycles. The van der Waals surface area contributed by atoms with Crippen LogP contribution in [0.25, 0.3) is 11.0 Å². The molecule has 1 saturated heterocycles. The molecular formula is C20H25N3O3. The minimum Gasteiger partial charge on any atom is -0.389 e. The summed E-state index contributed by atoms with van der Waals surface area (Å²) in [4.78, 5) is 30.8. The highest BCUT2D eigenvalue weighted by Gasteiger charge is 2.52. The molecular weight excluding hydrogens is 330 g/mol. The number of β-amino-alcohol motifs (C(OH)–C–C–N with tert-alkyl or cyclic N) is 1. The monoisotopic (exact) mass is 355 g/mol. The summed E-state index contributed by atoms with van der Waals surface area (Å²) in [5.74, 6) is -0.223. The van der Waals surface area contributed by atoms with Gasteiger partial charge >= 0.3 is 0 Å². The van der Waals surface area contributed by atoms with Gasteiger partial charge in [-0.25, -0.2) is 4.98 Å². The molecule has 2 heterocycles. The van der Waals surface area contributed by atoms with Gasteiger partial charge in [0.25, 0.3) is 0 Å². The molecule has 1 N–H and O–H groups in total. The quantitative estimate of drug-likeness (QED) is 0.854.